The van der Waals surface area contributed by atoms with Gasteiger partial charge in [-0.15, -0.1) is 0 Å². The number of hydrogen-bond acceptors (Lipinski definition) is 3. The molecule has 0 spiro atoms. The molecule has 5 heteroatoms. The van der Waals surface area contributed by atoms with E-state index in [0.29, 0.717) is 17.1 Å². The number of nitrogens with one attached hydrogen (secondary N) is 2. The van der Waals surface area contributed by atoms with E-state index in [0.717, 1.165) is 5.56 Å². The van der Waals surface area contributed by atoms with Crippen LogP contribution >= 0.6 is 0 Å². The molecule has 0 saturated heterocycles. The molecule has 0 aliphatic heterocycles. The van der Waals surface area contributed by atoms with E-state index in [4.69, 9.17) is 5.73 Å². The average molecular weight is 216 g/mol. The van der Waals surface area contributed by atoms with Crippen molar-refractivity contribution in [2.75, 3.05) is 11.1 Å². The van der Waals surface area contributed by atoms with Crippen LogP contribution in [-0.2, 0) is 0 Å². The predicted molar refractivity (Wildman–Crippen MR) is 62.1 cm³/mol. The van der Waals surface area contributed by atoms with Crippen LogP contribution in [0.15, 0.2) is 30.5 Å². The summed E-state index contributed by atoms with van der Waals surface area (Å²) in [6.45, 7) is 1.88. The van der Waals surface area contributed by atoms with Crippen molar-refractivity contribution in [3.05, 3.63) is 41.6 Å². The zero-order valence-electron chi connectivity index (χ0n) is 8.82. The standard InChI is InChI=1S/C11H12N4O/c1-7-4-2-3-5-8(7)11(16)14-10-9(12)6-13-15-10/h2-6H,12H2,1H3,(H2,13,14,15,16). The van der Waals surface area contributed by atoms with Gasteiger partial charge in [0.2, 0.25) is 0 Å². The smallest absolute Gasteiger partial charge is 0.257 e. The minimum Gasteiger partial charge on any atom is -0.394 e. The molecule has 5 nitrogen and oxygen atoms in total. The Balaban J connectivity index is 2.22. The first-order valence-corrected chi connectivity index (χ1v) is 4.84. The quantitative estimate of drug-likeness (QED) is 0.712. The van der Waals surface area contributed by atoms with E-state index < -0.39 is 0 Å². The summed E-state index contributed by atoms with van der Waals surface area (Å²) in [7, 11) is 0. The molecule has 0 fully saturated rings. The van der Waals surface area contributed by atoms with Crippen LogP contribution in [0.3, 0.4) is 0 Å². The number of aromatic amines is 1. The minimum absolute atomic E-state index is 0.200. The van der Waals surface area contributed by atoms with Gasteiger partial charge in [-0.1, -0.05) is 18.2 Å². The molecule has 0 radical (unpaired) electrons. The van der Waals surface area contributed by atoms with Crippen molar-refractivity contribution in [1.82, 2.24) is 10.2 Å². The fourth-order valence-corrected chi connectivity index (χ4v) is 1.40. The number of anilines is 2. The number of hydrogen-bond donors (Lipinski definition) is 3. The summed E-state index contributed by atoms with van der Waals surface area (Å²) in [5.41, 5.74) is 7.55. The lowest BCUT2D eigenvalue weighted by atomic mass is 10.1. The van der Waals surface area contributed by atoms with Crippen molar-refractivity contribution in [3.63, 3.8) is 0 Å². The highest BCUT2D eigenvalue weighted by atomic mass is 16.1. The second-order valence-corrected chi connectivity index (χ2v) is 3.47. The Morgan fingerprint density at radius 3 is 2.81 bits per heavy atom. The lowest BCUT2D eigenvalue weighted by Crippen LogP contribution is -2.14. The topological polar surface area (TPSA) is 83.8 Å². The van der Waals surface area contributed by atoms with Crippen LogP contribution in [0.25, 0.3) is 0 Å². The van der Waals surface area contributed by atoms with E-state index in [1.807, 2.05) is 25.1 Å². The fraction of sp³-hybridized carbons (Fsp3) is 0.0909. The predicted octanol–water partition coefficient (Wildman–Crippen LogP) is 1.55. The van der Waals surface area contributed by atoms with Crippen LogP contribution < -0.4 is 11.1 Å². The van der Waals surface area contributed by atoms with Gasteiger partial charge in [0.15, 0.2) is 5.82 Å². The number of aryl methyl sites for hydroxylation is 1. The number of benzene rings is 1. The third kappa shape index (κ3) is 1.88. The summed E-state index contributed by atoms with van der Waals surface area (Å²) in [6, 6.07) is 7.34. The number of carbonyl (C=O) groups excluding carboxylic acids is 1. The summed E-state index contributed by atoms with van der Waals surface area (Å²) >= 11 is 0. The van der Waals surface area contributed by atoms with Crippen molar-refractivity contribution in [3.8, 4) is 0 Å². The molecule has 0 atom stereocenters. The van der Waals surface area contributed by atoms with Crippen LogP contribution in [0.4, 0.5) is 11.5 Å². The first kappa shape index (κ1) is 10.2. The van der Waals surface area contributed by atoms with Crippen molar-refractivity contribution < 1.29 is 4.79 Å². The molecule has 1 heterocycles. The second-order valence-electron chi connectivity index (χ2n) is 3.47. The Morgan fingerprint density at radius 1 is 1.44 bits per heavy atom. The summed E-state index contributed by atoms with van der Waals surface area (Å²) in [5.74, 6) is 0.224. The van der Waals surface area contributed by atoms with Gasteiger partial charge in [-0.05, 0) is 18.6 Å². The van der Waals surface area contributed by atoms with Gasteiger partial charge in [-0.2, -0.15) is 5.10 Å². The Hall–Kier alpha value is -2.30. The first-order valence-electron chi connectivity index (χ1n) is 4.84. The number of carbonyl (C=O) groups is 1. The molecule has 2 aromatic rings. The molecule has 1 aromatic heterocycles. The molecule has 0 unspecified atom stereocenters. The van der Waals surface area contributed by atoms with Crippen LogP contribution in [-0.4, -0.2) is 16.1 Å². The van der Waals surface area contributed by atoms with Crippen molar-refractivity contribution in [2.24, 2.45) is 0 Å². The maximum Gasteiger partial charge on any atom is 0.257 e. The maximum atomic E-state index is 11.9. The highest BCUT2D eigenvalue weighted by Gasteiger charge is 2.10. The van der Waals surface area contributed by atoms with Crippen molar-refractivity contribution in [1.29, 1.82) is 0 Å². The maximum absolute atomic E-state index is 11.9. The second kappa shape index (κ2) is 4.06. The van der Waals surface area contributed by atoms with Gasteiger partial charge in [-0.3, -0.25) is 9.89 Å². The minimum atomic E-state index is -0.200. The Bertz CT molecular complexity index is 518. The molecule has 0 saturated carbocycles. The Labute approximate surface area is 92.7 Å². The van der Waals surface area contributed by atoms with Gasteiger partial charge < -0.3 is 11.1 Å². The van der Waals surface area contributed by atoms with Gasteiger partial charge in [0.05, 0.1) is 11.9 Å². The molecule has 1 aromatic carbocycles. The number of H-pyrrole nitrogens is 1. The Kier molecular flexibility index (Phi) is 2.59. The lowest BCUT2D eigenvalue weighted by molar-refractivity contribution is 0.102. The number of nitrogen functional groups attached to an aromatic ring is 1. The van der Waals surface area contributed by atoms with Gasteiger partial charge in [0, 0.05) is 5.56 Å². The lowest BCUT2D eigenvalue weighted by Gasteiger charge is -2.05. The molecule has 2 rings (SSSR count). The van der Waals surface area contributed by atoms with Gasteiger partial charge in [0.25, 0.3) is 5.91 Å². The van der Waals surface area contributed by atoms with E-state index in [1.54, 1.807) is 6.07 Å². The van der Waals surface area contributed by atoms with E-state index in [9.17, 15) is 4.79 Å². The average Bonchev–Trinajstić information content (AvgIpc) is 2.65. The van der Waals surface area contributed by atoms with Crippen molar-refractivity contribution >= 4 is 17.4 Å². The normalized spacial score (nSPS) is 10.1. The van der Waals surface area contributed by atoms with Crippen LogP contribution in [0, 0.1) is 6.92 Å². The van der Waals surface area contributed by atoms with Crippen LogP contribution in [0.1, 0.15) is 15.9 Å². The molecule has 0 aliphatic rings. The van der Waals surface area contributed by atoms with Gasteiger partial charge in [-0.25, -0.2) is 0 Å². The molecule has 4 N–H and O–H groups in total. The first-order chi connectivity index (χ1) is 7.68. The third-order valence-corrected chi connectivity index (χ3v) is 2.30. The molecule has 82 valence electrons. The highest BCUT2D eigenvalue weighted by Crippen LogP contribution is 2.15. The molecule has 0 aliphatic carbocycles. The van der Waals surface area contributed by atoms with Crippen molar-refractivity contribution in [2.45, 2.75) is 6.92 Å². The molecular formula is C11H12N4O. The van der Waals surface area contributed by atoms with E-state index >= 15 is 0 Å². The third-order valence-electron chi connectivity index (χ3n) is 2.30. The molecule has 0 bridgehead atoms. The SMILES string of the molecule is Cc1ccccc1C(=O)Nc1[nH]ncc1N. The fourth-order valence-electron chi connectivity index (χ4n) is 1.40. The van der Waals surface area contributed by atoms with E-state index in [1.165, 1.54) is 6.20 Å². The summed E-state index contributed by atoms with van der Waals surface area (Å²) < 4.78 is 0. The number of rotatable bonds is 2. The van der Waals surface area contributed by atoms with E-state index in [-0.39, 0.29) is 5.91 Å². The molecule has 1 amide bonds. The largest absolute Gasteiger partial charge is 0.394 e. The van der Waals surface area contributed by atoms with E-state index in [2.05, 4.69) is 15.5 Å². The van der Waals surface area contributed by atoms with Gasteiger partial charge >= 0.3 is 0 Å². The highest BCUT2D eigenvalue weighted by molar-refractivity contribution is 6.05. The van der Waals surface area contributed by atoms with Gasteiger partial charge in [0.1, 0.15) is 0 Å². The summed E-state index contributed by atoms with van der Waals surface area (Å²) in [5, 5.41) is 9.01. The summed E-state index contributed by atoms with van der Waals surface area (Å²) in [4.78, 5) is 11.9. The number of aromatic nitrogens is 2. The molecule has 16 heavy (non-hydrogen) atoms. The zero-order valence-corrected chi connectivity index (χ0v) is 8.82. The number of nitrogens with zero attached hydrogens (tertiary/aromatic N) is 1. The summed E-state index contributed by atoms with van der Waals surface area (Å²) in [6.07, 6.45) is 1.45. The monoisotopic (exact) mass is 216 g/mol. The number of nitrogens with two attached hydrogens (primary N) is 1. The zero-order chi connectivity index (χ0) is 11.5. The van der Waals surface area contributed by atoms with Crippen LogP contribution in [0.2, 0.25) is 0 Å². The van der Waals surface area contributed by atoms with Crippen LogP contribution in [0.5, 0.6) is 0 Å². The number of amides is 1. The Morgan fingerprint density at radius 2 is 2.19 bits per heavy atom. The molecular weight excluding hydrogens is 204 g/mol.